The molecule has 3 N–H and O–H groups in total. The molecular formula is C11H12BrN3O3. The molecule has 0 spiro atoms. The second kappa shape index (κ2) is 6.27. The van der Waals surface area contributed by atoms with Gasteiger partial charge in [-0.05, 0) is 28.4 Å². The van der Waals surface area contributed by atoms with Gasteiger partial charge in [0.05, 0.1) is 16.7 Å². The van der Waals surface area contributed by atoms with Crippen molar-refractivity contribution in [2.75, 3.05) is 5.32 Å². The van der Waals surface area contributed by atoms with Crippen LogP contribution in [0.4, 0.5) is 11.4 Å². The van der Waals surface area contributed by atoms with Crippen molar-refractivity contribution in [1.82, 2.24) is 0 Å². The molecule has 0 aliphatic rings. The van der Waals surface area contributed by atoms with Crippen LogP contribution in [0.5, 0.6) is 0 Å². The third-order valence-corrected chi connectivity index (χ3v) is 2.87. The highest BCUT2D eigenvalue weighted by molar-refractivity contribution is 9.10. The zero-order valence-electron chi connectivity index (χ0n) is 9.43. The van der Waals surface area contributed by atoms with Gasteiger partial charge in [0, 0.05) is 16.6 Å². The maximum Gasteiger partial charge on any atom is 0.271 e. The third kappa shape index (κ3) is 3.64. The van der Waals surface area contributed by atoms with Gasteiger partial charge in [-0.25, -0.2) is 0 Å². The molecule has 1 unspecified atom stereocenters. The molecule has 0 aliphatic carbocycles. The minimum Gasteiger partial charge on any atom is -0.323 e. The van der Waals surface area contributed by atoms with E-state index in [4.69, 9.17) is 5.73 Å². The lowest BCUT2D eigenvalue weighted by atomic mass is 10.2. The van der Waals surface area contributed by atoms with Crippen molar-refractivity contribution in [1.29, 1.82) is 0 Å². The molecule has 6 nitrogen and oxygen atoms in total. The second-order valence-electron chi connectivity index (χ2n) is 3.54. The normalized spacial score (nSPS) is 11.7. The molecule has 1 atom stereocenters. The Labute approximate surface area is 112 Å². The molecule has 0 radical (unpaired) electrons. The van der Waals surface area contributed by atoms with Crippen molar-refractivity contribution in [3.63, 3.8) is 0 Å². The number of benzene rings is 1. The summed E-state index contributed by atoms with van der Waals surface area (Å²) in [7, 11) is 0. The van der Waals surface area contributed by atoms with Crippen LogP contribution < -0.4 is 11.1 Å². The number of hydrogen-bond donors (Lipinski definition) is 2. The predicted octanol–water partition coefficient (Wildman–Crippen LogP) is 2.20. The number of carbonyl (C=O) groups excluding carboxylic acids is 1. The van der Waals surface area contributed by atoms with Crippen molar-refractivity contribution in [3.8, 4) is 0 Å². The van der Waals surface area contributed by atoms with Crippen molar-refractivity contribution in [2.45, 2.75) is 12.5 Å². The monoisotopic (exact) mass is 313 g/mol. The number of carbonyl (C=O) groups is 1. The summed E-state index contributed by atoms with van der Waals surface area (Å²) in [5.74, 6) is -0.420. The Morgan fingerprint density at radius 1 is 1.67 bits per heavy atom. The van der Waals surface area contributed by atoms with Gasteiger partial charge in [-0.1, -0.05) is 6.08 Å². The zero-order chi connectivity index (χ0) is 13.7. The van der Waals surface area contributed by atoms with Gasteiger partial charge < -0.3 is 11.1 Å². The summed E-state index contributed by atoms with van der Waals surface area (Å²) in [5.41, 5.74) is 5.80. The quantitative estimate of drug-likeness (QED) is 0.494. The summed E-state index contributed by atoms with van der Waals surface area (Å²) in [6.45, 7) is 3.49. The molecule has 0 aliphatic heterocycles. The lowest BCUT2D eigenvalue weighted by Crippen LogP contribution is -2.35. The predicted molar refractivity (Wildman–Crippen MR) is 72.2 cm³/mol. The lowest BCUT2D eigenvalue weighted by Gasteiger charge is -2.11. The van der Waals surface area contributed by atoms with Crippen molar-refractivity contribution in [2.24, 2.45) is 5.73 Å². The van der Waals surface area contributed by atoms with E-state index in [0.29, 0.717) is 16.6 Å². The Hall–Kier alpha value is -1.73. The molecule has 0 saturated heterocycles. The van der Waals surface area contributed by atoms with Crippen LogP contribution in [0.1, 0.15) is 6.42 Å². The van der Waals surface area contributed by atoms with Crippen LogP contribution in [-0.2, 0) is 4.79 Å². The molecule has 0 fully saturated rings. The Morgan fingerprint density at radius 3 is 2.89 bits per heavy atom. The maximum atomic E-state index is 11.7. The number of nitro benzene ring substituents is 1. The first-order valence-corrected chi connectivity index (χ1v) is 5.86. The van der Waals surface area contributed by atoms with Crippen LogP contribution in [-0.4, -0.2) is 16.9 Å². The smallest absolute Gasteiger partial charge is 0.271 e. The van der Waals surface area contributed by atoms with E-state index in [9.17, 15) is 14.9 Å². The molecule has 1 aromatic carbocycles. The van der Waals surface area contributed by atoms with Crippen LogP contribution in [0, 0.1) is 10.1 Å². The highest BCUT2D eigenvalue weighted by Crippen LogP contribution is 2.27. The largest absolute Gasteiger partial charge is 0.323 e. The fourth-order valence-electron chi connectivity index (χ4n) is 1.23. The minimum atomic E-state index is -0.728. The summed E-state index contributed by atoms with van der Waals surface area (Å²) in [6, 6.07) is 3.37. The Kier molecular flexibility index (Phi) is 4.99. The van der Waals surface area contributed by atoms with Gasteiger partial charge >= 0.3 is 0 Å². The van der Waals surface area contributed by atoms with Crippen LogP contribution in [0.25, 0.3) is 0 Å². The molecule has 1 rings (SSSR count). The van der Waals surface area contributed by atoms with E-state index in [1.54, 1.807) is 0 Å². The highest BCUT2D eigenvalue weighted by Gasteiger charge is 2.15. The van der Waals surface area contributed by atoms with Crippen molar-refractivity contribution in [3.05, 3.63) is 45.4 Å². The fraction of sp³-hybridized carbons (Fsp3) is 0.182. The van der Waals surface area contributed by atoms with Gasteiger partial charge in [-0.15, -0.1) is 6.58 Å². The van der Waals surface area contributed by atoms with Crippen molar-refractivity contribution < 1.29 is 9.72 Å². The summed E-state index contributed by atoms with van der Waals surface area (Å²) in [5, 5.41) is 13.2. The van der Waals surface area contributed by atoms with Gasteiger partial charge in [0.1, 0.15) is 0 Å². The number of nitrogens with two attached hydrogens (primary N) is 1. The first kappa shape index (κ1) is 14.3. The van der Waals surface area contributed by atoms with E-state index in [2.05, 4.69) is 27.8 Å². The van der Waals surface area contributed by atoms with Crippen LogP contribution in [0.15, 0.2) is 35.3 Å². The van der Waals surface area contributed by atoms with Crippen LogP contribution >= 0.6 is 15.9 Å². The van der Waals surface area contributed by atoms with E-state index in [-0.39, 0.29) is 5.69 Å². The number of hydrogen-bond acceptors (Lipinski definition) is 4. The fourth-order valence-corrected chi connectivity index (χ4v) is 1.58. The molecule has 1 aromatic rings. The van der Waals surface area contributed by atoms with Crippen LogP contribution in [0.2, 0.25) is 0 Å². The summed E-state index contributed by atoms with van der Waals surface area (Å²) < 4.78 is 0.548. The number of halogens is 1. The SMILES string of the molecule is C=CCC(N)C(=O)Nc1cc([N+](=O)[O-])ccc1Br. The standard InChI is InChI=1S/C11H12BrN3O3/c1-2-3-9(13)11(16)14-10-6-7(15(17)18)4-5-8(10)12/h2,4-6,9H,1,3,13H2,(H,14,16). The lowest BCUT2D eigenvalue weighted by molar-refractivity contribution is -0.384. The minimum absolute atomic E-state index is 0.106. The Balaban J connectivity index is 2.89. The van der Waals surface area contributed by atoms with Gasteiger partial charge in [-0.3, -0.25) is 14.9 Å². The third-order valence-electron chi connectivity index (χ3n) is 2.18. The maximum absolute atomic E-state index is 11.7. The average molecular weight is 314 g/mol. The molecular weight excluding hydrogens is 302 g/mol. The molecule has 0 bridgehead atoms. The molecule has 0 saturated carbocycles. The highest BCUT2D eigenvalue weighted by atomic mass is 79.9. The van der Waals surface area contributed by atoms with E-state index >= 15 is 0 Å². The number of anilines is 1. The molecule has 1 amide bonds. The van der Waals surface area contributed by atoms with Gasteiger partial charge in [0.2, 0.25) is 5.91 Å². The molecule has 96 valence electrons. The summed E-state index contributed by atoms with van der Waals surface area (Å²) in [4.78, 5) is 21.8. The summed E-state index contributed by atoms with van der Waals surface area (Å²) >= 11 is 3.20. The Bertz CT molecular complexity index is 490. The number of non-ortho nitro benzene ring substituents is 1. The molecule has 18 heavy (non-hydrogen) atoms. The van der Waals surface area contributed by atoms with E-state index in [1.165, 1.54) is 24.3 Å². The van der Waals surface area contributed by atoms with E-state index in [0.717, 1.165) is 0 Å². The number of nitrogens with one attached hydrogen (secondary N) is 1. The van der Waals surface area contributed by atoms with E-state index in [1.807, 2.05) is 0 Å². The number of nitro groups is 1. The molecule has 7 heteroatoms. The second-order valence-corrected chi connectivity index (χ2v) is 4.40. The van der Waals surface area contributed by atoms with Gasteiger partial charge in [0.15, 0.2) is 0 Å². The van der Waals surface area contributed by atoms with E-state index < -0.39 is 16.9 Å². The van der Waals surface area contributed by atoms with Gasteiger partial charge in [0.25, 0.3) is 5.69 Å². The number of rotatable bonds is 5. The zero-order valence-corrected chi connectivity index (χ0v) is 11.0. The first-order valence-electron chi connectivity index (χ1n) is 5.07. The van der Waals surface area contributed by atoms with Crippen molar-refractivity contribution >= 4 is 33.2 Å². The number of amides is 1. The first-order chi connectivity index (χ1) is 8.45. The molecule has 0 aromatic heterocycles. The molecule has 0 heterocycles. The topological polar surface area (TPSA) is 98.3 Å². The number of nitrogens with zero attached hydrogens (tertiary/aromatic N) is 1. The summed E-state index contributed by atoms with van der Waals surface area (Å²) in [6.07, 6.45) is 1.87. The average Bonchev–Trinajstić information content (AvgIpc) is 2.31. The van der Waals surface area contributed by atoms with Crippen LogP contribution in [0.3, 0.4) is 0 Å². The van der Waals surface area contributed by atoms with Gasteiger partial charge in [-0.2, -0.15) is 0 Å². The Morgan fingerprint density at radius 2 is 2.33 bits per heavy atom.